The second-order valence-electron chi connectivity index (χ2n) is 3.73. The summed E-state index contributed by atoms with van der Waals surface area (Å²) in [5.41, 5.74) is -0.999. The third-order valence-corrected chi connectivity index (χ3v) is 2.68. The lowest BCUT2D eigenvalue weighted by Crippen LogP contribution is -2.38. The first-order valence-corrected chi connectivity index (χ1v) is 4.53. The van der Waals surface area contributed by atoms with Gasteiger partial charge in [0, 0.05) is 7.11 Å². The van der Waals surface area contributed by atoms with Gasteiger partial charge in [-0.05, 0) is 25.7 Å². The maximum absolute atomic E-state index is 10.4. The molecule has 0 unspecified atom stereocenters. The highest BCUT2D eigenvalue weighted by Gasteiger charge is 2.35. The molecule has 0 bridgehead atoms. The molecule has 0 aromatic carbocycles. The van der Waals surface area contributed by atoms with Gasteiger partial charge in [-0.3, -0.25) is 4.79 Å². The predicted molar refractivity (Wildman–Crippen MR) is 46.5 cm³/mol. The van der Waals surface area contributed by atoms with Crippen molar-refractivity contribution in [2.24, 2.45) is 0 Å². The fraction of sp³-hybridized carbons (Fsp3) is 0.889. The lowest BCUT2D eigenvalue weighted by Gasteiger charge is -2.34. The molecule has 1 fully saturated rings. The van der Waals surface area contributed by atoms with Crippen molar-refractivity contribution in [3.8, 4) is 0 Å². The van der Waals surface area contributed by atoms with E-state index in [2.05, 4.69) is 0 Å². The molecule has 2 N–H and O–H groups in total. The van der Waals surface area contributed by atoms with Gasteiger partial charge in [0.05, 0.1) is 18.1 Å². The number of rotatable bonds is 3. The van der Waals surface area contributed by atoms with Gasteiger partial charge in [0.15, 0.2) is 0 Å². The van der Waals surface area contributed by atoms with Crippen LogP contribution in [0.2, 0.25) is 0 Å². The summed E-state index contributed by atoms with van der Waals surface area (Å²) < 4.78 is 5.13. The van der Waals surface area contributed by atoms with E-state index in [1.807, 2.05) is 0 Å². The standard InChI is InChI=1S/C9H16O4/c1-13-7-2-4-9(12,5-3-7)6-8(10)11/h7,12H,2-6H2,1H3,(H,10,11). The van der Waals surface area contributed by atoms with Crippen LogP contribution in [-0.4, -0.2) is 35.0 Å². The molecule has 76 valence electrons. The maximum atomic E-state index is 10.4. The molecule has 0 atom stereocenters. The van der Waals surface area contributed by atoms with E-state index >= 15 is 0 Å². The molecule has 0 saturated heterocycles. The van der Waals surface area contributed by atoms with E-state index in [9.17, 15) is 9.90 Å². The number of aliphatic carboxylic acids is 1. The van der Waals surface area contributed by atoms with Crippen LogP contribution in [0.25, 0.3) is 0 Å². The number of methoxy groups -OCH3 is 1. The molecule has 0 aliphatic heterocycles. The summed E-state index contributed by atoms with van der Waals surface area (Å²) >= 11 is 0. The highest BCUT2D eigenvalue weighted by Crippen LogP contribution is 2.32. The molecule has 4 heteroatoms. The Balaban J connectivity index is 2.41. The Hall–Kier alpha value is -0.610. The van der Waals surface area contributed by atoms with Crippen molar-refractivity contribution in [1.82, 2.24) is 0 Å². The fourth-order valence-corrected chi connectivity index (χ4v) is 1.82. The third-order valence-electron chi connectivity index (χ3n) is 2.68. The molecule has 1 aliphatic carbocycles. The molecule has 4 nitrogen and oxygen atoms in total. The van der Waals surface area contributed by atoms with Gasteiger partial charge in [-0.1, -0.05) is 0 Å². The van der Waals surface area contributed by atoms with Gasteiger partial charge in [-0.15, -0.1) is 0 Å². The summed E-state index contributed by atoms with van der Waals surface area (Å²) in [5.74, 6) is -0.932. The van der Waals surface area contributed by atoms with Crippen LogP contribution in [0.3, 0.4) is 0 Å². The van der Waals surface area contributed by atoms with Gasteiger partial charge in [0.1, 0.15) is 0 Å². The van der Waals surface area contributed by atoms with E-state index in [1.165, 1.54) is 0 Å². The number of carbonyl (C=O) groups is 1. The van der Waals surface area contributed by atoms with E-state index in [1.54, 1.807) is 7.11 Å². The molecule has 13 heavy (non-hydrogen) atoms. The van der Waals surface area contributed by atoms with Crippen LogP contribution in [0.4, 0.5) is 0 Å². The first kappa shape index (κ1) is 10.5. The second kappa shape index (κ2) is 4.07. The minimum atomic E-state index is -0.999. The zero-order valence-electron chi connectivity index (χ0n) is 7.82. The third kappa shape index (κ3) is 2.97. The highest BCUT2D eigenvalue weighted by atomic mass is 16.5. The van der Waals surface area contributed by atoms with E-state index in [4.69, 9.17) is 9.84 Å². The van der Waals surface area contributed by atoms with Crippen molar-refractivity contribution in [1.29, 1.82) is 0 Å². The Morgan fingerprint density at radius 3 is 2.46 bits per heavy atom. The number of hydrogen-bond donors (Lipinski definition) is 2. The minimum Gasteiger partial charge on any atom is -0.481 e. The zero-order chi connectivity index (χ0) is 9.90. The molecule has 0 amide bonds. The van der Waals surface area contributed by atoms with E-state index in [0.29, 0.717) is 12.8 Å². The largest absolute Gasteiger partial charge is 0.481 e. The summed E-state index contributed by atoms with van der Waals surface area (Å²) in [4.78, 5) is 10.4. The molecule has 0 aromatic rings. The van der Waals surface area contributed by atoms with E-state index in [0.717, 1.165) is 12.8 Å². The molecule has 0 radical (unpaired) electrons. The monoisotopic (exact) mass is 188 g/mol. The Bertz CT molecular complexity index is 182. The Morgan fingerprint density at radius 2 is 2.08 bits per heavy atom. The van der Waals surface area contributed by atoms with Crippen molar-refractivity contribution in [3.63, 3.8) is 0 Å². The van der Waals surface area contributed by atoms with Crippen molar-refractivity contribution < 1.29 is 19.7 Å². The van der Waals surface area contributed by atoms with Gasteiger partial charge >= 0.3 is 5.97 Å². The molecule has 1 aliphatic rings. The second-order valence-corrected chi connectivity index (χ2v) is 3.73. The van der Waals surface area contributed by atoms with Crippen LogP contribution in [0, 0.1) is 0 Å². The summed E-state index contributed by atoms with van der Waals surface area (Å²) in [6.07, 6.45) is 2.59. The SMILES string of the molecule is COC1CCC(O)(CC(=O)O)CC1. The van der Waals surface area contributed by atoms with Gasteiger partial charge in [-0.25, -0.2) is 0 Å². The van der Waals surface area contributed by atoms with Crippen LogP contribution in [-0.2, 0) is 9.53 Å². The van der Waals surface area contributed by atoms with Crippen molar-refractivity contribution in [2.45, 2.75) is 43.8 Å². The van der Waals surface area contributed by atoms with Crippen LogP contribution in [0.15, 0.2) is 0 Å². The highest BCUT2D eigenvalue weighted by molar-refractivity contribution is 5.68. The smallest absolute Gasteiger partial charge is 0.306 e. The molecule has 0 spiro atoms. The van der Waals surface area contributed by atoms with E-state index in [-0.39, 0.29) is 12.5 Å². The van der Waals surface area contributed by atoms with Gasteiger partial charge < -0.3 is 14.9 Å². The lowest BCUT2D eigenvalue weighted by atomic mass is 9.81. The van der Waals surface area contributed by atoms with Gasteiger partial charge in [-0.2, -0.15) is 0 Å². The molecular weight excluding hydrogens is 172 g/mol. The Kier molecular flexibility index (Phi) is 3.27. The predicted octanol–water partition coefficient (Wildman–Crippen LogP) is 0.781. The van der Waals surface area contributed by atoms with Gasteiger partial charge in [0.2, 0.25) is 0 Å². The van der Waals surface area contributed by atoms with Gasteiger partial charge in [0.25, 0.3) is 0 Å². The topological polar surface area (TPSA) is 66.8 Å². The van der Waals surface area contributed by atoms with Crippen LogP contribution < -0.4 is 0 Å². The maximum Gasteiger partial charge on any atom is 0.306 e. The molecule has 1 saturated carbocycles. The average molecular weight is 188 g/mol. The summed E-state index contributed by atoms with van der Waals surface area (Å²) in [6, 6.07) is 0. The first-order chi connectivity index (χ1) is 6.06. The molecule has 1 rings (SSSR count). The Labute approximate surface area is 77.5 Å². The van der Waals surface area contributed by atoms with E-state index < -0.39 is 11.6 Å². The van der Waals surface area contributed by atoms with Crippen LogP contribution in [0.5, 0.6) is 0 Å². The van der Waals surface area contributed by atoms with Crippen molar-refractivity contribution in [3.05, 3.63) is 0 Å². The Morgan fingerprint density at radius 1 is 1.54 bits per heavy atom. The average Bonchev–Trinajstić information content (AvgIpc) is 2.04. The number of aliphatic hydroxyl groups is 1. The quantitative estimate of drug-likeness (QED) is 0.686. The molecular formula is C9H16O4. The number of hydrogen-bond acceptors (Lipinski definition) is 3. The molecule has 0 aromatic heterocycles. The lowest BCUT2D eigenvalue weighted by molar-refractivity contribution is -0.145. The molecule has 0 heterocycles. The summed E-state index contributed by atoms with van der Waals surface area (Å²) in [7, 11) is 1.65. The zero-order valence-corrected chi connectivity index (χ0v) is 7.82. The van der Waals surface area contributed by atoms with Crippen LogP contribution in [0.1, 0.15) is 32.1 Å². The van der Waals surface area contributed by atoms with Crippen LogP contribution >= 0.6 is 0 Å². The van der Waals surface area contributed by atoms with Crippen molar-refractivity contribution >= 4 is 5.97 Å². The fourth-order valence-electron chi connectivity index (χ4n) is 1.82. The minimum absolute atomic E-state index is 0.149. The summed E-state index contributed by atoms with van der Waals surface area (Å²) in [6.45, 7) is 0. The number of ether oxygens (including phenoxy) is 1. The number of carboxylic acid groups (broad SMARTS) is 1. The summed E-state index contributed by atoms with van der Waals surface area (Å²) in [5, 5.41) is 18.4. The van der Waals surface area contributed by atoms with Crippen molar-refractivity contribution in [2.75, 3.05) is 7.11 Å². The number of carboxylic acids is 1. The normalized spacial score (nSPS) is 34.5. The first-order valence-electron chi connectivity index (χ1n) is 4.53.